The number of aliphatic carboxylic acids is 2. The molecule has 170 valence electrons. The van der Waals surface area contributed by atoms with E-state index in [1.54, 1.807) is 24.3 Å². The van der Waals surface area contributed by atoms with E-state index in [1.807, 2.05) is 6.92 Å². The number of carbonyl (C=O) groups is 3. The zero-order valence-electron chi connectivity index (χ0n) is 17.6. The van der Waals surface area contributed by atoms with Crippen molar-refractivity contribution < 1.29 is 34.1 Å². The van der Waals surface area contributed by atoms with Crippen LogP contribution in [0.5, 0.6) is 5.75 Å². The van der Waals surface area contributed by atoms with Crippen molar-refractivity contribution in [2.24, 2.45) is 0 Å². The molecule has 2 unspecified atom stereocenters. The molecule has 2 aliphatic rings. The quantitative estimate of drug-likeness (QED) is 0.477. The SMILES string of the molecule is CC[C@@H](Oc1ccc(Cl)cc1)C(=O)OC1CC2CCC(C1)N2C.O=C(O)C=CC(=O)O. The molecule has 2 bridgehead atoms. The monoisotopic (exact) mass is 453 g/mol. The third kappa shape index (κ3) is 7.88. The summed E-state index contributed by atoms with van der Waals surface area (Å²) in [5.74, 6) is -2.13. The van der Waals surface area contributed by atoms with Crippen molar-refractivity contribution in [2.75, 3.05) is 7.05 Å². The van der Waals surface area contributed by atoms with Crippen LogP contribution < -0.4 is 4.74 Å². The first-order valence-corrected chi connectivity index (χ1v) is 10.6. The van der Waals surface area contributed by atoms with E-state index in [4.69, 9.17) is 31.3 Å². The highest BCUT2D eigenvalue weighted by atomic mass is 35.5. The van der Waals surface area contributed by atoms with Crippen LogP contribution in [0.25, 0.3) is 0 Å². The van der Waals surface area contributed by atoms with Crippen LogP contribution in [-0.2, 0) is 19.1 Å². The maximum Gasteiger partial charge on any atom is 0.347 e. The minimum Gasteiger partial charge on any atom is -0.479 e. The summed E-state index contributed by atoms with van der Waals surface area (Å²) >= 11 is 5.87. The zero-order valence-corrected chi connectivity index (χ0v) is 18.3. The molecule has 0 saturated carbocycles. The highest BCUT2D eigenvalue weighted by Crippen LogP contribution is 2.35. The second-order valence-electron chi connectivity index (χ2n) is 7.56. The van der Waals surface area contributed by atoms with Crippen LogP contribution in [0.2, 0.25) is 5.02 Å². The van der Waals surface area contributed by atoms with E-state index in [0.29, 0.717) is 41.4 Å². The van der Waals surface area contributed by atoms with Crippen molar-refractivity contribution in [1.29, 1.82) is 0 Å². The van der Waals surface area contributed by atoms with Crippen LogP contribution in [-0.4, -0.2) is 64.4 Å². The lowest BCUT2D eigenvalue weighted by molar-refractivity contribution is -0.161. The number of halogens is 1. The number of carboxylic acids is 2. The Morgan fingerprint density at radius 1 is 1.10 bits per heavy atom. The number of carboxylic acid groups (broad SMARTS) is 2. The number of esters is 1. The molecule has 0 amide bonds. The predicted octanol–water partition coefficient (Wildman–Crippen LogP) is 3.38. The normalized spacial score (nSPS) is 23.5. The third-order valence-corrected chi connectivity index (χ3v) is 5.68. The highest BCUT2D eigenvalue weighted by Gasteiger charge is 2.40. The summed E-state index contributed by atoms with van der Waals surface area (Å²) in [7, 11) is 2.18. The molecular weight excluding hydrogens is 426 g/mol. The number of ether oxygens (including phenoxy) is 2. The van der Waals surface area contributed by atoms with Gasteiger partial charge in [0.15, 0.2) is 6.10 Å². The van der Waals surface area contributed by atoms with Crippen molar-refractivity contribution in [3.05, 3.63) is 41.4 Å². The van der Waals surface area contributed by atoms with E-state index in [1.165, 1.54) is 12.8 Å². The number of nitrogens with zero attached hydrogens (tertiary/aromatic N) is 1. The number of hydrogen-bond acceptors (Lipinski definition) is 6. The molecular formula is C22H28ClNO7. The van der Waals surface area contributed by atoms with Gasteiger partial charge < -0.3 is 24.6 Å². The third-order valence-electron chi connectivity index (χ3n) is 5.43. The van der Waals surface area contributed by atoms with Gasteiger partial charge >= 0.3 is 17.9 Å². The first-order valence-electron chi connectivity index (χ1n) is 10.2. The van der Waals surface area contributed by atoms with E-state index in [9.17, 15) is 14.4 Å². The minimum absolute atomic E-state index is 0.0269. The maximum atomic E-state index is 12.4. The number of rotatable bonds is 7. The number of piperidine rings is 1. The molecule has 2 saturated heterocycles. The Morgan fingerprint density at radius 2 is 1.61 bits per heavy atom. The van der Waals surface area contributed by atoms with Gasteiger partial charge in [-0.3, -0.25) is 0 Å². The Balaban J connectivity index is 0.000000366. The van der Waals surface area contributed by atoms with E-state index < -0.39 is 18.0 Å². The summed E-state index contributed by atoms with van der Waals surface area (Å²) in [6.07, 6.45) is 5.48. The predicted molar refractivity (Wildman–Crippen MR) is 114 cm³/mol. The largest absolute Gasteiger partial charge is 0.479 e. The van der Waals surface area contributed by atoms with Crippen molar-refractivity contribution in [2.45, 2.75) is 63.3 Å². The molecule has 2 aliphatic heterocycles. The van der Waals surface area contributed by atoms with Gasteiger partial charge in [0.05, 0.1) is 0 Å². The molecule has 0 radical (unpaired) electrons. The van der Waals surface area contributed by atoms with Gasteiger partial charge in [-0.2, -0.15) is 0 Å². The van der Waals surface area contributed by atoms with Crippen molar-refractivity contribution in [3.63, 3.8) is 0 Å². The smallest absolute Gasteiger partial charge is 0.347 e. The lowest BCUT2D eigenvalue weighted by atomic mass is 10.0. The molecule has 9 heteroatoms. The molecule has 8 nitrogen and oxygen atoms in total. The number of benzene rings is 1. The molecule has 2 fully saturated rings. The summed E-state index contributed by atoms with van der Waals surface area (Å²) in [6.45, 7) is 1.93. The van der Waals surface area contributed by atoms with E-state index in [0.717, 1.165) is 12.8 Å². The van der Waals surface area contributed by atoms with Crippen molar-refractivity contribution >= 4 is 29.5 Å². The molecule has 31 heavy (non-hydrogen) atoms. The molecule has 1 aromatic carbocycles. The van der Waals surface area contributed by atoms with Gasteiger partial charge in [-0.05, 0) is 63.4 Å². The lowest BCUT2D eigenvalue weighted by Gasteiger charge is -2.36. The minimum atomic E-state index is -1.26. The molecule has 2 heterocycles. The van der Waals surface area contributed by atoms with Crippen LogP contribution >= 0.6 is 11.6 Å². The van der Waals surface area contributed by atoms with Gasteiger partial charge in [0.1, 0.15) is 11.9 Å². The molecule has 3 rings (SSSR count). The molecule has 0 spiro atoms. The van der Waals surface area contributed by atoms with Crippen molar-refractivity contribution in [3.8, 4) is 5.75 Å². The van der Waals surface area contributed by atoms with E-state index in [-0.39, 0.29) is 12.1 Å². The van der Waals surface area contributed by atoms with Crippen LogP contribution in [0.1, 0.15) is 39.0 Å². The summed E-state index contributed by atoms with van der Waals surface area (Å²) in [4.78, 5) is 34.0. The van der Waals surface area contributed by atoms with E-state index >= 15 is 0 Å². The Bertz CT molecular complexity index is 766. The fourth-order valence-electron chi connectivity index (χ4n) is 3.82. The molecule has 1 aromatic rings. The fourth-order valence-corrected chi connectivity index (χ4v) is 3.94. The van der Waals surface area contributed by atoms with Gasteiger partial charge in [-0.15, -0.1) is 0 Å². The summed E-state index contributed by atoms with van der Waals surface area (Å²) in [5, 5.41) is 16.3. The molecule has 0 aromatic heterocycles. The lowest BCUT2D eigenvalue weighted by Crippen LogP contribution is -2.44. The average molecular weight is 454 g/mol. The Morgan fingerprint density at radius 3 is 2.06 bits per heavy atom. The number of carbonyl (C=O) groups excluding carboxylic acids is 1. The van der Waals surface area contributed by atoms with Crippen LogP contribution in [0.4, 0.5) is 0 Å². The molecule has 0 aliphatic carbocycles. The van der Waals surface area contributed by atoms with Gasteiger partial charge in [-0.1, -0.05) is 18.5 Å². The topological polar surface area (TPSA) is 113 Å². The first kappa shape index (κ1) is 24.7. The zero-order chi connectivity index (χ0) is 23.0. The van der Waals surface area contributed by atoms with Gasteiger partial charge in [0.25, 0.3) is 0 Å². The van der Waals surface area contributed by atoms with Gasteiger partial charge in [0.2, 0.25) is 0 Å². The van der Waals surface area contributed by atoms with E-state index in [2.05, 4.69) is 11.9 Å². The fraction of sp³-hybridized carbons (Fsp3) is 0.500. The second kappa shape index (κ2) is 11.7. The maximum absolute atomic E-state index is 12.4. The molecule has 2 N–H and O–H groups in total. The van der Waals surface area contributed by atoms with Gasteiger partial charge in [0, 0.05) is 29.3 Å². The van der Waals surface area contributed by atoms with Crippen molar-refractivity contribution in [1.82, 2.24) is 4.90 Å². The van der Waals surface area contributed by atoms with Crippen LogP contribution in [0, 0.1) is 0 Å². The summed E-state index contributed by atoms with van der Waals surface area (Å²) in [5.41, 5.74) is 0. The first-order chi connectivity index (χ1) is 14.7. The highest BCUT2D eigenvalue weighted by molar-refractivity contribution is 6.30. The standard InChI is InChI=1S/C18H24ClNO3.C4H4O4/c1-3-17(22-15-8-4-12(19)5-9-15)18(21)23-16-10-13-6-7-14(11-16)20(13)2;5-3(6)1-2-4(7)8/h4-5,8-9,13-14,16-17H,3,6-7,10-11H2,1-2H3;1-2H,(H,5,6)(H,7,8)/t13?,14?,16?,17-;/m1./s1. The summed E-state index contributed by atoms with van der Waals surface area (Å²) < 4.78 is 11.5. The Hall–Kier alpha value is -2.58. The molecule has 3 atom stereocenters. The van der Waals surface area contributed by atoms with Crippen LogP contribution in [0.15, 0.2) is 36.4 Å². The Labute approximate surface area is 186 Å². The second-order valence-corrected chi connectivity index (χ2v) is 8.00. The average Bonchev–Trinajstić information content (AvgIpc) is 2.92. The Kier molecular flexibility index (Phi) is 9.33. The van der Waals surface area contributed by atoms with Crippen LogP contribution in [0.3, 0.4) is 0 Å². The summed E-state index contributed by atoms with van der Waals surface area (Å²) in [6, 6.07) is 8.17. The van der Waals surface area contributed by atoms with Gasteiger partial charge in [-0.25, -0.2) is 14.4 Å². The number of hydrogen-bond donors (Lipinski definition) is 2. The number of fused-ring (bicyclic) bond motifs is 2.